The van der Waals surface area contributed by atoms with Gasteiger partial charge in [-0.15, -0.1) is 0 Å². The Morgan fingerprint density at radius 1 is 1.11 bits per heavy atom. The van der Waals surface area contributed by atoms with Gasteiger partial charge in [-0.3, -0.25) is 9.59 Å². The first-order chi connectivity index (χ1) is 22.5. The van der Waals surface area contributed by atoms with Crippen LogP contribution in [0.25, 0.3) is 11.6 Å². The molecular formula is C34H35N5O8. The molecule has 13 heteroatoms. The molecule has 5 N–H and O–H groups in total. The first-order valence-electron chi connectivity index (χ1n) is 15.7. The molecule has 0 saturated carbocycles. The number of amides is 2. The Balaban J connectivity index is 1.48. The maximum absolute atomic E-state index is 14.0. The van der Waals surface area contributed by atoms with Crippen LogP contribution in [-0.2, 0) is 21.4 Å². The Morgan fingerprint density at radius 2 is 1.87 bits per heavy atom. The molecule has 2 amide bonds. The van der Waals surface area contributed by atoms with Gasteiger partial charge in [0.15, 0.2) is 23.4 Å². The predicted molar refractivity (Wildman–Crippen MR) is 167 cm³/mol. The predicted octanol–water partition coefficient (Wildman–Crippen LogP) is 3.91. The number of fused-ring (bicyclic) bond motifs is 4. The molecular weight excluding hydrogens is 606 g/mol. The largest absolute Gasteiger partial charge is 0.476 e. The number of carboxylic acids is 1. The van der Waals surface area contributed by atoms with Crippen molar-refractivity contribution in [2.75, 3.05) is 5.32 Å². The number of carbonyl (C=O) groups excluding carboxylic acids is 2. The van der Waals surface area contributed by atoms with E-state index in [1.165, 1.54) is 0 Å². The van der Waals surface area contributed by atoms with Crippen molar-refractivity contribution >= 4 is 23.5 Å². The zero-order valence-electron chi connectivity index (χ0n) is 26.3. The van der Waals surface area contributed by atoms with Crippen molar-refractivity contribution < 1.29 is 38.2 Å². The highest BCUT2D eigenvalue weighted by molar-refractivity contribution is 5.92. The minimum Gasteiger partial charge on any atom is -0.476 e. The molecule has 0 aliphatic carbocycles. The normalized spacial score (nSPS) is 22.7. The first-order valence-corrected chi connectivity index (χ1v) is 15.7. The number of hydrogen-bond acceptors (Lipinski definition) is 10. The number of para-hydroxylation sites is 1. The summed E-state index contributed by atoms with van der Waals surface area (Å²) in [5, 5.41) is 29.9. The third kappa shape index (κ3) is 4.59. The number of anilines is 1. The number of nitrogens with one attached hydrogen (secondary N) is 3. The van der Waals surface area contributed by atoms with Crippen LogP contribution < -0.4 is 20.7 Å². The third-order valence-corrected chi connectivity index (χ3v) is 9.56. The number of ether oxygens (including phenoxy) is 1. The van der Waals surface area contributed by atoms with Crippen LogP contribution in [0.5, 0.6) is 5.75 Å². The highest BCUT2D eigenvalue weighted by Crippen LogP contribution is 2.59. The number of rotatable bonds is 7. The fraction of sp³-hybridized carbons (Fsp3) is 0.382. The van der Waals surface area contributed by atoms with E-state index in [0.29, 0.717) is 11.5 Å². The minimum absolute atomic E-state index is 0.0678. The van der Waals surface area contributed by atoms with E-state index in [-0.39, 0.29) is 48.3 Å². The van der Waals surface area contributed by atoms with Crippen LogP contribution in [0.1, 0.15) is 85.4 Å². The number of aromatic nitrogens is 2. The molecule has 3 aliphatic heterocycles. The summed E-state index contributed by atoms with van der Waals surface area (Å²) < 4.78 is 18.9. The topological polar surface area (TPSA) is 189 Å². The number of aromatic carboxylic acids is 1. The van der Waals surface area contributed by atoms with Crippen molar-refractivity contribution in [3.05, 3.63) is 82.8 Å². The Labute approximate surface area is 269 Å². The number of carboxylic acid groups (broad SMARTS) is 1. The van der Waals surface area contributed by atoms with Gasteiger partial charge in [-0.1, -0.05) is 58.0 Å². The maximum atomic E-state index is 14.0. The number of oxazole rings is 2. The van der Waals surface area contributed by atoms with E-state index in [0.717, 1.165) is 28.6 Å². The van der Waals surface area contributed by atoms with Gasteiger partial charge in [-0.25, -0.2) is 14.8 Å². The fourth-order valence-corrected chi connectivity index (χ4v) is 6.79. The molecule has 5 heterocycles. The molecule has 2 aromatic heterocycles. The van der Waals surface area contributed by atoms with Crippen LogP contribution in [0, 0.1) is 5.92 Å². The standard InChI is InChI=1S/C34H35N5O8/c1-5-33(44,6-2)31(43)36-21-14-17-11-12-23-19(13-17)34(18-9-7-8-10-20(18)37-32(34)46-23)26-25(28-35-22(15-45-28)30(41)42)39-29(47-26)24(16(3)4)38-27(21)40/h7-13,15-16,21,24,32,37,44H,5-6,14H2,1-4H3,(H,36,43)(H,38,40)(H,41,42)/t21-,24-,32?,34?/m0/s1. The lowest BCUT2D eigenvalue weighted by molar-refractivity contribution is -0.143. The second-order valence-electron chi connectivity index (χ2n) is 12.6. The zero-order valence-corrected chi connectivity index (χ0v) is 26.3. The Bertz CT molecular complexity index is 1910. The average molecular weight is 642 g/mol. The molecule has 3 aliphatic rings. The van der Waals surface area contributed by atoms with Gasteiger partial charge in [0.2, 0.25) is 17.7 Å². The first kappa shape index (κ1) is 30.5. The highest BCUT2D eigenvalue weighted by atomic mass is 16.5. The summed E-state index contributed by atoms with van der Waals surface area (Å²) in [7, 11) is 0. The molecule has 7 rings (SSSR count). The number of hydrogen-bond donors (Lipinski definition) is 5. The molecule has 4 bridgehead atoms. The summed E-state index contributed by atoms with van der Waals surface area (Å²) in [6, 6.07) is 11.4. The molecule has 0 saturated heterocycles. The molecule has 0 radical (unpaired) electrons. The summed E-state index contributed by atoms with van der Waals surface area (Å²) in [6.07, 6.45) is 0.831. The van der Waals surface area contributed by atoms with E-state index in [1.807, 2.05) is 56.3 Å². The molecule has 4 atom stereocenters. The van der Waals surface area contributed by atoms with E-state index in [1.54, 1.807) is 13.8 Å². The van der Waals surface area contributed by atoms with E-state index in [2.05, 4.69) is 20.9 Å². The van der Waals surface area contributed by atoms with E-state index in [4.69, 9.17) is 18.6 Å². The lowest BCUT2D eigenvalue weighted by Gasteiger charge is -2.30. The van der Waals surface area contributed by atoms with Crippen molar-refractivity contribution in [1.82, 2.24) is 20.6 Å². The van der Waals surface area contributed by atoms with Crippen molar-refractivity contribution in [2.45, 2.75) is 76.3 Å². The van der Waals surface area contributed by atoms with Crippen LogP contribution in [-0.4, -0.2) is 55.8 Å². The van der Waals surface area contributed by atoms with Crippen LogP contribution >= 0.6 is 0 Å². The molecule has 244 valence electrons. The lowest BCUT2D eigenvalue weighted by Crippen LogP contribution is -2.55. The number of aliphatic hydroxyl groups is 1. The van der Waals surface area contributed by atoms with Crippen LogP contribution in [0.15, 0.2) is 57.6 Å². The smallest absolute Gasteiger partial charge is 0.357 e. The highest BCUT2D eigenvalue weighted by Gasteiger charge is 2.61. The number of carbonyl (C=O) groups is 3. The van der Waals surface area contributed by atoms with Gasteiger partial charge in [0.25, 0.3) is 5.91 Å². The second-order valence-corrected chi connectivity index (χ2v) is 12.6. The quantitative estimate of drug-likeness (QED) is 0.197. The van der Waals surface area contributed by atoms with Gasteiger partial charge < -0.3 is 39.7 Å². The Morgan fingerprint density at radius 3 is 2.57 bits per heavy atom. The molecule has 47 heavy (non-hydrogen) atoms. The lowest BCUT2D eigenvalue weighted by atomic mass is 9.72. The zero-order chi connectivity index (χ0) is 33.2. The van der Waals surface area contributed by atoms with Gasteiger partial charge in [0.05, 0.1) is 0 Å². The van der Waals surface area contributed by atoms with Crippen LogP contribution in [0.3, 0.4) is 0 Å². The van der Waals surface area contributed by atoms with E-state index < -0.39 is 47.1 Å². The molecule has 2 unspecified atom stereocenters. The monoisotopic (exact) mass is 641 g/mol. The fourth-order valence-electron chi connectivity index (χ4n) is 6.79. The summed E-state index contributed by atoms with van der Waals surface area (Å²) >= 11 is 0. The summed E-state index contributed by atoms with van der Waals surface area (Å²) in [4.78, 5) is 48.2. The number of benzene rings is 2. The summed E-state index contributed by atoms with van der Waals surface area (Å²) in [5.74, 6) is -1.68. The average Bonchev–Trinajstić information content (AvgIpc) is 3.83. The molecule has 2 aromatic carbocycles. The van der Waals surface area contributed by atoms with Gasteiger partial charge in [-0.05, 0) is 42.0 Å². The Kier molecular flexibility index (Phi) is 7.12. The minimum atomic E-state index is -1.64. The third-order valence-electron chi connectivity index (χ3n) is 9.56. The van der Waals surface area contributed by atoms with Gasteiger partial charge in [-0.2, -0.15) is 0 Å². The van der Waals surface area contributed by atoms with Crippen molar-refractivity contribution in [3.63, 3.8) is 0 Å². The van der Waals surface area contributed by atoms with Crippen LogP contribution in [0.4, 0.5) is 5.69 Å². The second kappa shape index (κ2) is 11.0. The molecule has 4 aromatic rings. The van der Waals surface area contributed by atoms with Crippen molar-refractivity contribution in [2.24, 2.45) is 5.92 Å². The Hall–Kier alpha value is -5.17. The summed E-state index contributed by atoms with van der Waals surface area (Å²) in [5.41, 5.74) is 0.175. The number of nitrogens with zero attached hydrogens (tertiary/aromatic N) is 2. The van der Waals surface area contributed by atoms with Crippen molar-refractivity contribution in [3.8, 4) is 17.3 Å². The summed E-state index contributed by atoms with van der Waals surface area (Å²) in [6.45, 7) is 7.21. The van der Waals surface area contributed by atoms with Gasteiger partial charge in [0.1, 0.15) is 35.1 Å². The molecule has 0 fully saturated rings. The van der Waals surface area contributed by atoms with Crippen LogP contribution in [0.2, 0.25) is 0 Å². The van der Waals surface area contributed by atoms with E-state index >= 15 is 0 Å². The van der Waals surface area contributed by atoms with Gasteiger partial charge >= 0.3 is 5.97 Å². The maximum Gasteiger partial charge on any atom is 0.357 e. The molecule has 1 spiro atoms. The van der Waals surface area contributed by atoms with E-state index in [9.17, 15) is 24.6 Å². The SMILES string of the molecule is CCC(O)(CC)C(=O)N[C@H]1Cc2ccc3c(c2)C2(c4ccccc4NC2O3)c2oc(nc2-c2nc(C(=O)O)co2)[C@H](C(C)C)NC1=O. The van der Waals surface area contributed by atoms with Gasteiger partial charge in [0, 0.05) is 17.7 Å². The molecule has 13 nitrogen and oxygen atoms in total. The van der Waals surface area contributed by atoms with Crippen molar-refractivity contribution in [1.29, 1.82) is 0 Å².